The van der Waals surface area contributed by atoms with Crippen molar-refractivity contribution in [2.75, 3.05) is 12.3 Å². The Morgan fingerprint density at radius 3 is 2.89 bits per heavy atom. The zero-order valence-corrected chi connectivity index (χ0v) is 12.4. The quantitative estimate of drug-likeness (QED) is 0.686. The molecule has 2 rings (SSSR count). The van der Waals surface area contributed by atoms with Crippen LogP contribution in [0, 0.1) is 0 Å². The molecule has 2 aromatic rings. The number of ether oxygens (including phenoxy) is 1. The molecule has 0 aliphatic rings. The predicted octanol–water partition coefficient (Wildman–Crippen LogP) is 3.05. The van der Waals surface area contributed by atoms with Crippen molar-refractivity contribution in [1.29, 1.82) is 0 Å². The lowest BCUT2D eigenvalue weighted by Gasteiger charge is -2.11. The molecule has 2 N–H and O–H groups in total. The number of esters is 1. The molecule has 0 atom stereocenters. The maximum absolute atomic E-state index is 12.0. The topological polar surface area (TPSA) is 70.1 Å². The van der Waals surface area contributed by atoms with E-state index in [9.17, 15) is 4.79 Å². The number of rotatable bonds is 3. The number of aromatic nitrogens is 2. The monoisotopic (exact) mass is 343 g/mol. The summed E-state index contributed by atoms with van der Waals surface area (Å²) in [4.78, 5) is 12.0. The molecule has 0 radical (unpaired) electrons. The maximum Gasteiger partial charge on any atom is 0.340 e. The average Bonchev–Trinajstić information content (AvgIpc) is 2.74. The third kappa shape index (κ3) is 2.90. The van der Waals surface area contributed by atoms with Crippen LogP contribution in [0.2, 0.25) is 5.02 Å². The van der Waals surface area contributed by atoms with E-state index in [0.29, 0.717) is 16.4 Å². The van der Waals surface area contributed by atoms with Gasteiger partial charge in [0.05, 0.1) is 33.5 Å². The largest absolute Gasteiger partial charge is 0.462 e. The Bertz CT molecular complexity index is 627. The third-order valence-electron chi connectivity index (χ3n) is 2.36. The first-order chi connectivity index (χ1) is 9.02. The second-order valence-corrected chi connectivity index (χ2v) is 5.05. The molecule has 1 heterocycles. The SMILES string of the molecule is CCOC(=O)c1cc(N)cc(Cl)c1-n1cc(Br)cn1. The van der Waals surface area contributed by atoms with Crippen LogP contribution in [-0.2, 0) is 4.74 Å². The summed E-state index contributed by atoms with van der Waals surface area (Å²) < 4.78 is 7.27. The zero-order chi connectivity index (χ0) is 14.0. The summed E-state index contributed by atoms with van der Waals surface area (Å²) >= 11 is 9.45. The van der Waals surface area contributed by atoms with E-state index in [4.69, 9.17) is 22.1 Å². The molecule has 0 unspecified atom stereocenters. The first-order valence-corrected chi connectivity index (χ1v) is 6.66. The fourth-order valence-corrected chi connectivity index (χ4v) is 2.24. The Morgan fingerprint density at radius 1 is 1.58 bits per heavy atom. The van der Waals surface area contributed by atoms with Gasteiger partial charge in [-0.2, -0.15) is 5.10 Å². The van der Waals surface area contributed by atoms with Crippen molar-refractivity contribution >= 4 is 39.2 Å². The summed E-state index contributed by atoms with van der Waals surface area (Å²) in [7, 11) is 0. The van der Waals surface area contributed by atoms with Gasteiger partial charge in [0.25, 0.3) is 0 Å². The normalized spacial score (nSPS) is 10.5. The number of carbonyl (C=O) groups is 1. The van der Waals surface area contributed by atoms with Gasteiger partial charge in [0.1, 0.15) is 0 Å². The Morgan fingerprint density at radius 2 is 2.32 bits per heavy atom. The Balaban J connectivity index is 2.61. The van der Waals surface area contributed by atoms with E-state index in [1.165, 1.54) is 10.7 Å². The van der Waals surface area contributed by atoms with Gasteiger partial charge < -0.3 is 10.5 Å². The minimum absolute atomic E-state index is 0.271. The second-order valence-electron chi connectivity index (χ2n) is 3.72. The Hall–Kier alpha value is -1.53. The highest BCUT2D eigenvalue weighted by Gasteiger charge is 2.19. The number of nitrogens with zero attached hydrogens (tertiary/aromatic N) is 2. The van der Waals surface area contributed by atoms with E-state index in [1.807, 2.05) is 0 Å². The van der Waals surface area contributed by atoms with Crippen LogP contribution in [0.4, 0.5) is 5.69 Å². The molecule has 5 nitrogen and oxygen atoms in total. The molecule has 1 aromatic carbocycles. The lowest BCUT2D eigenvalue weighted by molar-refractivity contribution is 0.0526. The van der Waals surface area contributed by atoms with Crippen molar-refractivity contribution in [3.8, 4) is 5.69 Å². The van der Waals surface area contributed by atoms with E-state index < -0.39 is 5.97 Å². The van der Waals surface area contributed by atoms with Crippen molar-refractivity contribution in [3.63, 3.8) is 0 Å². The van der Waals surface area contributed by atoms with E-state index in [-0.39, 0.29) is 12.2 Å². The molecule has 0 fully saturated rings. The summed E-state index contributed by atoms with van der Waals surface area (Å²) in [6, 6.07) is 3.09. The molecular weight excluding hydrogens is 334 g/mol. The van der Waals surface area contributed by atoms with Crippen LogP contribution in [0.15, 0.2) is 29.0 Å². The number of carbonyl (C=O) groups excluding carboxylic acids is 1. The van der Waals surface area contributed by atoms with Crippen LogP contribution in [0.25, 0.3) is 5.69 Å². The average molecular weight is 345 g/mol. The van der Waals surface area contributed by atoms with E-state index in [0.717, 1.165) is 4.47 Å². The number of nitrogens with two attached hydrogens (primary N) is 1. The van der Waals surface area contributed by atoms with Crippen LogP contribution < -0.4 is 5.73 Å². The number of anilines is 1. The number of nitrogen functional groups attached to an aromatic ring is 1. The van der Waals surface area contributed by atoms with Crippen molar-refractivity contribution in [2.24, 2.45) is 0 Å². The minimum atomic E-state index is -0.488. The molecule has 0 saturated carbocycles. The molecule has 0 saturated heterocycles. The predicted molar refractivity (Wildman–Crippen MR) is 76.6 cm³/mol. The highest BCUT2D eigenvalue weighted by Crippen LogP contribution is 2.28. The van der Waals surface area contributed by atoms with Gasteiger partial charge in [-0.15, -0.1) is 0 Å². The fourth-order valence-electron chi connectivity index (χ4n) is 1.64. The molecule has 19 heavy (non-hydrogen) atoms. The Kier molecular flexibility index (Phi) is 4.11. The third-order valence-corrected chi connectivity index (χ3v) is 3.06. The van der Waals surface area contributed by atoms with Gasteiger partial charge in [-0.3, -0.25) is 0 Å². The Labute approximate surface area is 123 Å². The van der Waals surface area contributed by atoms with Crippen LogP contribution in [-0.4, -0.2) is 22.4 Å². The van der Waals surface area contributed by atoms with Crippen LogP contribution >= 0.6 is 27.5 Å². The fraction of sp³-hybridized carbons (Fsp3) is 0.167. The van der Waals surface area contributed by atoms with Gasteiger partial charge in [-0.25, -0.2) is 9.48 Å². The molecular formula is C12H11BrClN3O2. The number of benzene rings is 1. The molecule has 0 spiro atoms. The van der Waals surface area contributed by atoms with Gasteiger partial charge in [0.2, 0.25) is 0 Å². The highest BCUT2D eigenvalue weighted by molar-refractivity contribution is 9.10. The second kappa shape index (κ2) is 5.63. The lowest BCUT2D eigenvalue weighted by atomic mass is 10.1. The summed E-state index contributed by atoms with van der Waals surface area (Å²) in [5.41, 5.74) is 6.83. The molecule has 0 bridgehead atoms. The van der Waals surface area contributed by atoms with Gasteiger partial charge in [0.15, 0.2) is 0 Å². The first-order valence-electron chi connectivity index (χ1n) is 5.49. The molecule has 1 aromatic heterocycles. The minimum Gasteiger partial charge on any atom is -0.462 e. The molecule has 0 aliphatic carbocycles. The maximum atomic E-state index is 12.0. The van der Waals surface area contributed by atoms with Gasteiger partial charge in [-0.05, 0) is 35.0 Å². The van der Waals surface area contributed by atoms with Crippen LogP contribution in [0.3, 0.4) is 0 Å². The van der Waals surface area contributed by atoms with Gasteiger partial charge >= 0.3 is 5.97 Å². The van der Waals surface area contributed by atoms with Gasteiger partial charge in [-0.1, -0.05) is 11.6 Å². The van der Waals surface area contributed by atoms with Crippen molar-refractivity contribution in [2.45, 2.75) is 6.92 Å². The number of hydrogen-bond acceptors (Lipinski definition) is 4. The highest BCUT2D eigenvalue weighted by atomic mass is 79.9. The smallest absolute Gasteiger partial charge is 0.340 e. The van der Waals surface area contributed by atoms with Crippen LogP contribution in [0.1, 0.15) is 17.3 Å². The standard InChI is InChI=1S/C12H11BrClN3O2/c1-2-19-12(18)9-3-8(15)4-10(14)11(9)17-6-7(13)5-16-17/h3-6H,2,15H2,1H3. The molecule has 0 amide bonds. The van der Waals surface area contributed by atoms with Crippen molar-refractivity contribution in [3.05, 3.63) is 39.6 Å². The number of hydrogen-bond donors (Lipinski definition) is 1. The van der Waals surface area contributed by atoms with E-state index >= 15 is 0 Å². The lowest BCUT2D eigenvalue weighted by Crippen LogP contribution is -2.11. The van der Waals surface area contributed by atoms with E-state index in [2.05, 4.69) is 21.0 Å². The summed E-state index contributed by atoms with van der Waals surface area (Å²) in [6.45, 7) is 2.00. The summed E-state index contributed by atoms with van der Waals surface area (Å²) in [5, 5.41) is 4.45. The van der Waals surface area contributed by atoms with Gasteiger partial charge in [0, 0.05) is 11.9 Å². The molecule has 7 heteroatoms. The van der Waals surface area contributed by atoms with E-state index in [1.54, 1.807) is 25.4 Å². The molecule has 100 valence electrons. The first kappa shape index (κ1) is 13.9. The van der Waals surface area contributed by atoms with Crippen LogP contribution in [0.5, 0.6) is 0 Å². The number of halogens is 2. The zero-order valence-electron chi connectivity index (χ0n) is 10.1. The summed E-state index contributed by atoms with van der Waals surface area (Å²) in [6.07, 6.45) is 3.29. The summed E-state index contributed by atoms with van der Waals surface area (Å²) in [5.74, 6) is -0.488. The molecule has 0 aliphatic heterocycles. The van der Waals surface area contributed by atoms with Crippen molar-refractivity contribution in [1.82, 2.24) is 9.78 Å². The van der Waals surface area contributed by atoms with Crippen molar-refractivity contribution < 1.29 is 9.53 Å².